The Labute approximate surface area is 119 Å². The Morgan fingerprint density at radius 3 is 2.47 bits per heavy atom. The lowest BCUT2D eigenvalue weighted by Crippen LogP contribution is -2.46. The van der Waals surface area contributed by atoms with E-state index in [2.05, 4.69) is 5.32 Å². The summed E-state index contributed by atoms with van der Waals surface area (Å²) in [7, 11) is 3.68. The van der Waals surface area contributed by atoms with Gasteiger partial charge in [0.1, 0.15) is 5.82 Å². The van der Waals surface area contributed by atoms with Gasteiger partial charge in [-0.2, -0.15) is 0 Å². The number of hydrogen-bond acceptors (Lipinski definition) is 3. The zero-order chi connectivity index (χ0) is 13.1. The number of piperazine rings is 1. The smallest absolute Gasteiger partial charge is 0.256 e. The normalized spacial score (nSPS) is 14.8. The first kappa shape index (κ1) is 15.7. The molecule has 0 bridgehead atoms. The lowest BCUT2D eigenvalue weighted by molar-refractivity contribution is 0.0731. The third-order valence-corrected chi connectivity index (χ3v) is 3.10. The fraction of sp³-hybridized carbons (Fsp3) is 0.462. The lowest BCUT2D eigenvalue weighted by atomic mass is 10.1. The van der Waals surface area contributed by atoms with Crippen molar-refractivity contribution in [3.8, 4) is 0 Å². The van der Waals surface area contributed by atoms with Crippen LogP contribution >= 0.6 is 12.4 Å². The predicted molar refractivity (Wildman–Crippen MR) is 76.7 cm³/mol. The minimum Gasteiger partial charge on any atom is -0.378 e. The first-order valence-corrected chi connectivity index (χ1v) is 6.06. The van der Waals surface area contributed by atoms with Gasteiger partial charge in [0.15, 0.2) is 0 Å². The highest BCUT2D eigenvalue weighted by Gasteiger charge is 2.21. The molecule has 1 aromatic carbocycles. The van der Waals surface area contributed by atoms with Crippen LogP contribution < -0.4 is 10.2 Å². The summed E-state index contributed by atoms with van der Waals surface area (Å²) >= 11 is 0. The van der Waals surface area contributed by atoms with Crippen molar-refractivity contribution in [2.45, 2.75) is 0 Å². The number of rotatable bonds is 2. The van der Waals surface area contributed by atoms with Gasteiger partial charge in [0, 0.05) is 46.0 Å². The van der Waals surface area contributed by atoms with Gasteiger partial charge in [-0.25, -0.2) is 4.39 Å². The number of amides is 1. The summed E-state index contributed by atoms with van der Waals surface area (Å²) < 4.78 is 13.9. The summed E-state index contributed by atoms with van der Waals surface area (Å²) in [6.07, 6.45) is 0. The number of halogens is 2. The Bertz CT molecular complexity index is 448. The van der Waals surface area contributed by atoms with Crippen molar-refractivity contribution in [3.05, 3.63) is 29.6 Å². The molecule has 0 aromatic heterocycles. The van der Waals surface area contributed by atoms with Crippen LogP contribution in [-0.4, -0.2) is 51.1 Å². The van der Waals surface area contributed by atoms with Gasteiger partial charge in [0.2, 0.25) is 0 Å². The van der Waals surface area contributed by atoms with Crippen molar-refractivity contribution in [1.82, 2.24) is 10.2 Å². The number of benzene rings is 1. The molecule has 1 N–H and O–H groups in total. The Morgan fingerprint density at radius 2 is 1.95 bits per heavy atom. The highest BCUT2D eigenvalue weighted by molar-refractivity contribution is 5.95. The molecule has 106 valence electrons. The third-order valence-electron chi connectivity index (χ3n) is 3.10. The summed E-state index contributed by atoms with van der Waals surface area (Å²) in [5.41, 5.74) is 0.909. The third kappa shape index (κ3) is 3.58. The average Bonchev–Trinajstić information content (AvgIpc) is 2.38. The summed E-state index contributed by atoms with van der Waals surface area (Å²) in [5, 5.41) is 3.17. The minimum absolute atomic E-state index is 0. The van der Waals surface area contributed by atoms with E-state index in [0.29, 0.717) is 13.1 Å². The van der Waals surface area contributed by atoms with Gasteiger partial charge in [-0.05, 0) is 18.2 Å². The highest BCUT2D eigenvalue weighted by Crippen LogP contribution is 2.18. The van der Waals surface area contributed by atoms with Crippen molar-refractivity contribution in [2.75, 3.05) is 45.2 Å². The summed E-state index contributed by atoms with van der Waals surface area (Å²) in [5.74, 6) is -0.677. The molecule has 1 aliphatic rings. The number of nitrogens with one attached hydrogen (secondary N) is 1. The zero-order valence-corrected chi connectivity index (χ0v) is 12.0. The number of anilines is 1. The molecule has 0 aliphatic carbocycles. The van der Waals surface area contributed by atoms with E-state index in [-0.39, 0.29) is 23.9 Å². The quantitative estimate of drug-likeness (QED) is 0.892. The second-order valence-electron chi connectivity index (χ2n) is 4.60. The Hall–Kier alpha value is -1.33. The van der Waals surface area contributed by atoms with E-state index in [0.717, 1.165) is 18.8 Å². The van der Waals surface area contributed by atoms with E-state index in [1.165, 1.54) is 6.07 Å². The van der Waals surface area contributed by atoms with Gasteiger partial charge in [0.05, 0.1) is 5.56 Å². The van der Waals surface area contributed by atoms with Gasteiger partial charge in [-0.15, -0.1) is 12.4 Å². The van der Waals surface area contributed by atoms with Crippen LogP contribution in [0.25, 0.3) is 0 Å². The maximum absolute atomic E-state index is 13.9. The van der Waals surface area contributed by atoms with Gasteiger partial charge < -0.3 is 15.1 Å². The van der Waals surface area contributed by atoms with Crippen LogP contribution in [0.2, 0.25) is 0 Å². The minimum atomic E-state index is -0.454. The monoisotopic (exact) mass is 287 g/mol. The molecule has 0 saturated carbocycles. The molecule has 19 heavy (non-hydrogen) atoms. The summed E-state index contributed by atoms with van der Waals surface area (Å²) in [6.45, 7) is 2.80. The zero-order valence-electron chi connectivity index (χ0n) is 11.1. The van der Waals surface area contributed by atoms with Crippen LogP contribution in [-0.2, 0) is 0 Å². The van der Waals surface area contributed by atoms with Gasteiger partial charge in [-0.1, -0.05) is 0 Å². The molecule has 1 amide bonds. The maximum atomic E-state index is 13.9. The topological polar surface area (TPSA) is 35.6 Å². The molecular formula is C13H19ClFN3O. The van der Waals surface area contributed by atoms with Crippen molar-refractivity contribution in [3.63, 3.8) is 0 Å². The fourth-order valence-corrected chi connectivity index (χ4v) is 1.99. The molecule has 0 atom stereocenters. The molecule has 0 radical (unpaired) electrons. The molecule has 2 rings (SSSR count). The number of nitrogens with zero attached hydrogens (tertiary/aromatic N) is 2. The van der Waals surface area contributed by atoms with E-state index >= 15 is 0 Å². The standard InChI is InChI=1S/C13H18FN3O.ClH/c1-16(2)10-3-4-11(12(14)9-10)13(18)17-7-5-15-6-8-17;/h3-4,9,15H,5-8H2,1-2H3;1H. The van der Waals surface area contributed by atoms with Gasteiger partial charge >= 0.3 is 0 Å². The molecular weight excluding hydrogens is 269 g/mol. The first-order valence-electron chi connectivity index (χ1n) is 6.06. The number of carbonyl (C=O) groups is 1. The van der Waals surface area contributed by atoms with Crippen molar-refractivity contribution in [1.29, 1.82) is 0 Å². The Morgan fingerprint density at radius 1 is 1.32 bits per heavy atom. The van der Waals surface area contributed by atoms with E-state index < -0.39 is 5.82 Å². The maximum Gasteiger partial charge on any atom is 0.256 e. The van der Waals surface area contributed by atoms with Crippen LogP contribution in [0.15, 0.2) is 18.2 Å². The van der Waals surface area contributed by atoms with E-state index in [4.69, 9.17) is 0 Å². The number of hydrogen-bond donors (Lipinski definition) is 1. The second kappa shape index (κ2) is 6.73. The molecule has 4 nitrogen and oxygen atoms in total. The van der Waals surface area contributed by atoms with Gasteiger partial charge in [0.25, 0.3) is 5.91 Å². The average molecular weight is 288 g/mol. The number of carbonyl (C=O) groups excluding carboxylic acids is 1. The molecule has 1 aliphatic heterocycles. The fourth-order valence-electron chi connectivity index (χ4n) is 1.99. The SMILES string of the molecule is CN(C)c1ccc(C(=O)N2CCNCC2)c(F)c1.Cl. The van der Waals surface area contributed by atoms with Crippen LogP contribution in [0.3, 0.4) is 0 Å². The van der Waals surface area contributed by atoms with Crippen LogP contribution in [0.1, 0.15) is 10.4 Å². The largest absolute Gasteiger partial charge is 0.378 e. The van der Waals surface area contributed by atoms with Crippen LogP contribution in [0, 0.1) is 5.82 Å². The molecule has 0 unspecified atom stereocenters. The Balaban J connectivity index is 0.00000180. The van der Waals surface area contributed by atoms with E-state index in [9.17, 15) is 9.18 Å². The highest BCUT2D eigenvalue weighted by atomic mass is 35.5. The first-order chi connectivity index (χ1) is 8.59. The molecule has 1 fully saturated rings. The van der Waals surface area contributed by atoms with Crippen molar-refractivity contribution >= 4 is 24.0 Å². The lowest BCUT2D eigenvalue weighted by Gasteiger charge is -2.27. The molecule has 0 spiro atoms. The molecule has 1 heterocycles. The second-order valence-corrected chi connectivity index (χ2v) is 4.60. The Kier molecular flexibility index (Phi) is 5.57. The van der Waals surface area contributed by atoms with Gasteiger partial charge in [-0.3, -0.25) is 4.79 Å². The van der Waals surface area contributed by atoms with Crippen LogP contribution in [0.4, 0.5) is 10.1 Å². The van der Waals surface area contributed by atoms with Crippen molar-refractivity contribution < 1.29 is 9.18 Å². The van der Waals surface area contributed by atoms with Crippen molar-refractivity contribution in [2.24, 2.45) is 0 Å². The summed E-state index contributed by atoms with van der Waals surface area (Å²) in [6, 6.07) is 4.73. The van der Waals surface area contributed by atoms with Crippen LogP contribution in [0.5, 0.6) is 0 Å². The molecule has 1 saturated heterocycles. The van der Waals surface area contributed by atoms with E-state index in [1.807, 2.05) is 19.0 Å². The predicted octanol–water partition coefficient (Wildman–Crippen LogP) is 1.36. The summed E-state index contributed by atoms with van der Waals surface area (Å²) in [4.78, 5) is 15.6. The van der Waals surface area contributed by atoms with E-state index in [1.54, 1.807) is 17.0 Å². The molecule has 1 aromatic rings. The molecule has 6 heteroatoms.